The zero-order valence-electron chi connectivity index (χ0n) is 16.6. The molecule has 0 fully saturated rings. The lowest BCUT2D eigenvalue weighted by atomic mass is 9.73. The highest BCUT2D eigenvalue weighted by atomic mass is 19.1. The van der Waals surface area contributed by atoms with Crippen LogP contribution in [0.1, 0.15) is 30.4 Å². The van der Waals surface area contributed by atoms with Crippen LogP contribution in [0.15, 0.2) is 48.5 Å². The Morgan fingerprint density at radius 1 is 1.10 bits per heavy atom. The largest absolute Gasteiger partial charge is 0.493 e. The molecular formula is C23H23FO5. The molecule has 0 aliphatic heterocycles. The van der Waals surface area contributed by atoms with E-state index in [1.807, 2.05) is 6.07 Å². The molecule has 3 rings (SSSR count). The summed E-state index contributed by atoms with van der Waals surface area (Å²) < 4.78 is 30.3. The van der Waals surface area contributed by atoms with Gasteiger partial charge in [0.25, 0.3) is 0 Å². The minimum absolute atomic E-state index is 0.152. The molecule has 1 aliphatic rings. The van der Waals surface area contributed by atoms with Crippen LogP contribution >= 0.6 is 0 Å². The number of ether oxygens (including phenoxy) is 3. The molecule has 0 radical (unpaired) electrons. The van der Waals surface area contributed by atoms with Crippen LogP contribution in [0.2, 0.25) is 0 Å². The number of rotatable bonds is 6. The summed E-state index contributed by atoms with van der Waals surface area (Å²) in [5, 5.41) is 0. The highest BCUT2D eigenvalue weighted by Gasteiger charge is 2.40. The molecule has 6 heteroatoms. The van der Waals surface area contributed by atoms with Gasteiger partial charge in [0, 0.05) is 5.92 Å². The average molecular weight is 398 g/mol. The van der Waals surface area contributed by atoms with Crippen LogP contribution in [0.5, 0.6) is 11.5 Å². The fourth-order valence-electron chi connectivity index (χ4n) is 3.69. The van der Waals surface area contributed by atoms with Crippen molar-refractivity contribution in [2.75, 3.05) is 20.8 Å². The van der Waals surface area contributed by atoms with Crippen molar-refractivity contribution in [3.8, 4) is 11.5 Å². The van der Waals surface area contributed by atoms with E-state index in [0.29, 0.717) is 29.1 Å². The molecule has 2 atom stereocenters. The maximum atomic E-state index is 14.6. The third-order valence-electron chi connectivity index (χ3n) is 5.06. The van der Waals surface area contributed by atoms with Gasteiger partial charge in [-0.25, -0.2) is 4.39 Å². The Bertz CT molecular complexity index is 950. The molecule has 0 saturated heterocycles. The second-order valence-corrected chi connectivity index (χ2v) is 6.70. The van der Waals surface area contributed by atoms with E-state index in [2.05, 4.69) is 0 Å². The van der Waals surface area contributed by atoms with Crippen molar-refractivity contribution < 1.29 is 28.2 Å². The van der Waals surface area contributed by atoms with Crippen LogP contribution in [-0.4, -0.2) is 32.6 Å². The van der Waals surface area contributed by atoms with Crippen LogP contribution in [0.25, 0.3) is 5.57 Å². The molecule has 0 N–H and O–H groups in total. The normalized spacial score (nSPS) is 18.8. The monoisotopic (exact) mass is 398 g/mol. The number of carbonyl (C=O) groups excluding carboxylic acids is 2. The summed E-state index contributed by atoms with van der Waals surface area (Å²) in [7, 11) is 3.07. The van der Waals surface area contributed by atoms with Gasteiger partial charge in [0.05, 0.1) is 20.8 Å². The second kappa shape index (κ2) is 8.90. The predicted molar refractivity (Wildman–Crippen MR) is 106 cm³/mol. The lowest BCUT2D eigenvalue weighted by Crippen LogP contribution is -2.34. The molecule has 2 aromatic rings. The Morgan fingerprint density at radius 3 is 2.48 bits per heavy atom. The number of methoxy groups -OCH3 is 2. The molecule has 0 unspecified atom stereocenters. The number of ketones is 1. The predicted octanol–water partition coefficient (Wildman–Crippen LogP) is 4.16. The SMILES string of the molecule is CCOC(=O)[C@@H]1C(=O)C=C(c2ccc(OC)c(OC)c2)C[C@H]1c1ccccc1F. The summed E-state index contributed by atoms with van der Waals surface area (Å²) in [6, 6.07) is 11.5. The van der Waals surface area contributed by atoms with Gasteiger partial charge in [-0.1, -0.05) is 24.3 Å². The summed E-state index contributed by atoms with van der Waals surface area (Å²) in [5.41, 5.74) is 1.77. The second-order valence-electron chi connectivity index (χ2n) is 6.70. The number of benzene rings is 2. The highest BCUT2D eigenvalue weighted by Crippen LogP contribution is 2.42. The van der Waals surface area contributed by atoms with Crippen LogP contribution in [0.4, 0.5) is 4.39 Å². The zero-order chi connectivity index (χ0) is 21.0. The third-order valence-corrected chi connectivity index (χ3v) is 5.06. The van der Waals surface area contributed by atoms with Gasteiger partial charge in [0.1, 0.15) is 11.7 Å². The third kappa shape index (κ3) is 4.16. The fourth-order valence-corrected chi connectivity index (χ4v) is 3.69. The van der Waals surface area contributed by atoms with Crippen molar-refractivity contribution in [2.45, 2.75) is 19.3 Å². The van der Waals surface area contributed by atoms with E-state index in [1.54, 1.807) is 44.4 Å². The van der Waals surface area contributed by atoms with Crippen molar-refractivity contribution in [2.24, 2.45) is 5.92 Å². The first kappa shape index (κ1) is 20.6. The van der Waals surface area contributed by atoms with E-state index < -0.39 is 29.4 Å². The number of carbonyl (C=O) groups is 2. The van der Waals surface area contributed by atoms with Gasteiger partial charge in [0.2, 0.25) is 0 Å². The van der Waals surface area contributed by atoms with Gasteiger partial charge < -0.3 is 14.2 Å². The van der Waals surface area contributed by atoms with Crippen molar-refractivity contribution in [1.29, 1.82) is 0 Å². The van der Waals surface area contributed by atoms with E-state index in [4.69, 9.17) is 14.2 Å². The number of hydrogen-bond acceptors (Lipinski definition) is 5. The number of allylic oxidation sites excluding steroid dienone is 2. The average Bonchev–Trinajstić information content (AvgIpc) is 2.73. The van der Waals surface area contributed by atoms with Gasteiger partial charge in [-0.3, -0.25) is 9.59 Å². The maximum Gasteiger partial charge on any atom is 0.317 e. The molecule has 0 spiro atoms. The quantitative estimate of drug-likeness (QED) is 0.540. The van der Waals surface area contributed by atoms with Crippen LogP contribution < -0.4 is 9.47 Å². The van der Waals surface area contributed by atoms with E-state index >= 15 is 0 Å². The Hall–Kier alpha value is -3.15. The molecule has 0 amide bonds. The van der Waals surface area contributed by atoms with E-state index in [9.17, 15) is 14.0 Å². The lowest BCUT2D eigenvalue weighted by Gasteiger charge is -2.29. The van der Waals surface area contributed by atoms with E-state index in [-0.39, 0.29) is 6.61 Å². The van der Waals surface area contributed by atoms with Crippen LogP contribution in [0, 0.1) is 11.7 Å². The summed E-state index contributed by atoms with van der Waals surface area (Å²) in [4.78, 5) is 25.4. The highest BCUT2D eigenvalue weighted by molar-refractivity contribution is 6.10. The summed E-state index contributed by atoms with van der Waals surface area (Å²) in [6.45, 7) is 1.83. The lowest BCUT2D eigenvalue weighted by molar-refractivity contribution is -0.151. The van der Waals surface area contributed by atoms with Crippen LogP contribution in [-0.2, 0) is 14.3 Å². The molecular weight excluding hydrogens is 375 g/mol. The fraction of sp³-hybridized carbons (Fsp3) is 0.304. The zero-order valence-corrected chi connectivity index (χ0v) is 16.6. The summed E-state index contributed by atoms with van der Waals surface area (Å²) >= 11 is 0. The first-order valence-electron chi connectivity index (χ1n) is 9.38. The molecule has 0 aromatic heterocycles. The van der Waals surface area contributed by atoms with Gasteiger partial charge in [-0.15, -0.1) is 0 Å². The van der Waals surface area contributed by atoms with Crippen LogP contribution in [0.3, 0.4) is 0 Å². The molecule has 29 heavy (non-hydrogen) atoms. The number of halogens is 1. The van der Waals surface area contributed by atoms with Gasteiger partial charge in [0.15, 0.2) is 17.3 Å². The molecule has 0 heterocycles. The molecule has 0 saturated carbocycles. The first-order valence-corrected chi connectivity index (χ1v) is 9.38. The van der Waals surface area contributed by atoms with Gasteiger partial charge in [-0.05, 0) is 54.3 Å². The summed E-state index contributed by atoms with van der Waals surface area (Å²) in [6.07, 6.45) is 1.76. The van der Waals surface area contributed by atoms with Gasteiger partial charge >= 0.3 is 5.97 Å². The molecule has 1 aliphatic carbocycles. The van der Waals surface area contributed by atoms with Crippen molar-refractivity contribution in [3.05, 3.63) is 65.5 Å². The minimum atomic E-state index is -1.07. The number of hydrogen-bond donors (Lipinski definition) is 0. The smallest absolute Gasteiger partial charge is 0.317 e. The topological polar surface area (TPSA) is 61.8 Å². The molecule has 2 aromatic carbocycles. The Morgan fingerprint density at radius 2 is 1.83 bits per heavy atom. The maximum absolute atomic E-state index is 14.6. The molecule has 152 valence electrons. The van der Waals surface area contributed by atoms with E-state index in [0.717, 1.165) is 5.56 Å². The van der Waals surface area contributed by atoms with Crippen molar-refractivity contribution in [3.63, 3.8) is 0 Å². The van der Waals surface area contributed by atoms with Crippen molar-refractivity contribution in [1.82, 2.24) is 0 Å². The standard InChI is InChI=1S/C23H23FO5/c1-4-29-23(26)22-17(16-7-5-6-8-18(16)24)11-15(12-19(22)25)14-9-10-20(27-2)21(13-14)28-3/h5-10,12-13,17,22H,4,11H2,1-3H3/t17-,22-/m0/s1. The Labute approximate surface area is 169 Å². The molecule has 0 bridgehead atoms. The Kier molecular flexibility index (Phi) is 6.32. The van der Waals surface area contributed by atoms with E-state index in [1.165, 1.54) is 19.3 Å². The first-order chi connectivity index (χ1) is 14.0. The van der Waals surface area contributed by atoms with Gasteiger partial charge in [-0.2, -0.15) is 0 Å². The molecule has 5 nitrogen and oxygen atoms in total. The number of esters is 1. The summed E-state index contributed by atoms with van der Waals surface area (Å²) in [5.74, 6) is -2.12. The van der Waals surface area contributed by atoms with Crippen molar-refractivity contribution >= 4 is 17.3 Å². The minimum Gasteiger partial charge on any atom is -0.493 e. The Balaban J connectivity index is 2.06.